The smallest absolute Gasteiger partial charge is 0.139 e. The molecule has 1 N–H and O–H groups in total. The number of benzene rings is 4. The normalized spacial score (nSPS) is 17.8. The molecule has 3 aliphatic rings. The topological polar surface area (TPSA) is 25.2 Å². The van der Waals surface area contributed by atoms with Gasteiger partial charge >= 0.3 is 0 Å². The molecule has 1 unspecified atom stereocenters. The van der Waals surface area contributed by atoms with Crippen LogP contribution in [0.1, 0.15) is 66.8 Å². The van der Waals surface area contributed by atoms with Crippen LogP contribution in [0.2, 0.25) is 0 Å². The Morgan fingerprint density at radius 3 is 2.37 bits per heavy atom. The second-order valence-electron chi connectivity index (χ2n) is 15.1. The minimum absolute atomic E-state index is 0.0917. The van der Waals surface area contributed by atoms with Gasteiger partial charge in [0, 0.05) is 29.0 Å². The molecule has 2 aliphatic carbocycles. The van der Waals surface area contributed by atoms with Crippen molar-refractivity contribution in [2.24, 2.45) is 0 Å². The summed E-state index contributed by atoms with van der Waals surface area (Å²) in [5.41, 5.74) is 16.1. The van der Waals surface area contributed by atoms with Crippen molar-refractivity contribution in [3.05, 3.63) is 227 Å². The van der Waals surface area contributed by atoms with Crippen LogP contribution in [-0.2, 0) is 6.42 Å². The van der Waals surface area contributed by atoms with Gasteiger partial charge in [0.25, 0.3) is 0 Å². The van der Waals surface area contributed by atoms with Gasteiger partial charge < -0.3 is 9.73 Å². The Bertz CT molecular complexity index is 2710. The van der Waals surface area contributed by atoms with Crippen molar-refractivity contribution >= 4 is 44.4 Å². The fourth-order valence-electron chi connectivity index (χ4n) is 8.75. The molecule has 0 radical (unpaired) electrons. The molecule has 4 aromatic carbocycles. The first-order chi connectivity index (χ1) is 28.0. The number of hydrogen-bond donors (Lipinski definition) is 1. The molecule has 1 atom stereocenters. The molecule has 8 rings (SSSR count). The van der Waals surface area contributed by atoms with E-state index in [-0.39, 0.29) is 6.04 Å². The van der Waals surface area contributed by atoms with Crippen LogP contribution in [0.5, 0.6) is 0 Å². The van der Waals surface area contributed by atoms with Gasteiger partial charge in [-0.25, -0.2) is 0 Å². The monoisotopic (exact) mass is 741 g/mol. The van der Waals surface area contributed by atoms with Gasteiger partial charge in [-0.05, 0) is 142 Å². The summed E-state index contributed by atoms with van der Waals surface area (Å²) in [6.07, 6.45) is 36.6. The summed E-state index contributed by atoms with van der Waals surface area (Å²) in [6.45, 7) is 16.9. The fourth-order valence-corrected chi connectivity index (χ4v) is 8.75. The molecule has 0 fully saturated rings. The molecule has 0 saturated heterocycles. The van der Waals surface area contributed by atoms with Gasteiger partial charge in [0.15, 0.2) is 0 Å². The maximum atomic E-state index is 6.86. The highest BCUT2D eigenvalue weighted by Gasteiger charge is 2.26. The zero-order chi connectivity index (χ0) is 39.3. The van der Waals surface area contributed by atoms with Crippen LogP contribution in [-0.4, -0.2) is 6.04 Å². The van der Waals surface area contributed by atoms with Crippen molar-refractivity contribution in [1.82, 2.24) is 5.32 Å². The van der Waals surface area contributed by atoms with Crippen molar-refractivity contribution < 1.29 is 4.42 Å². The molecule has 282 valence electrons. The Labute approximate surface area is 338 Å². The van der Waals surface area contributed by atoms with E-state index < -0.39 is 0 Å². The Morgan fingerprint density at radius 2 is 1.63 bits per heavy atom. The zero-order valence-electron chi connectivity index (χ0n) is 33.3. The molecule has 2 heteroatoms. The van der Waals surface area contributed by atoms with E-state index in [9.17, 15) is 0 Å². The third-order valence-corrected chi connectivity index (χ3v) is 11.6. The molecule has 57 heavy (non-hydrogen) atoms. The number of nitrogens with one attached hydrogen (secondary N) is 1. The lowest BCUT2D eigenvalue weighted by molar-refractivity contribution is 0.664. The highest BCUT2D eigenvalue weighted by atomic mass is 16.3. The summed E-state index contributed by atoms with van der Waals surface area (Å²) >= 11 is 0. The highest BCUT2D eigenvalue weighted by molar-refractivity contribution is 6.13. The van der Waals surface area contributed by atoms with Crippen LogP contribution in [0.15, 0.2) is 203 Å². The quantitative estimate of drug-likeness (QED) is 0.136. The van der Waals surface area contributed by atoms with Crippen LogP contribution >= 0.6 is 0 Å². The summed E-state index contributed by atoms with van der Waals surface area (Å²) in [7, 11) is 0. The van der Waals surface area contributed by atoms with Crippen molar-refractivity contribution in [3.8, 4) is 0 Å². The molecule has 0 spiro atoms. The van der Waals surface area contributed by atoms with Crippen LogP contribution < -0.4 is 5.32 Å². The zero-order valence-corrected chi connectivity index (χ0v) is 33.3. The predicted molar refractivity (Wildman–Crippen MR) is 246 cm³/mol. The second kappa shape index (κ2) is 16.8. The molecule has 0 saturated carbocycles. The minimum Gasteiger partial charge on any atom is -0.456 e. The van der Waals surface area contributed by atoms with E-state index in [1.165, 1.54) is 66.1 Å². The number of fused-ring (bicyclic) bond motifs is 4. The predicted octanol–water partition coefficient (Wildman–Crippen LogP) is 14.6. The van der Waals surface area contributed by atoms with Crippen LogP contribution in [0.25, 0.3) is 44.4 Å². The fraction of sp³-hybridized carbons (Fsp3) is 0.164. The van der Waals surface area contributed by atoms with E-state index in [2.05, 4.69) is 173 Å². The van der Waals surface area contributed by atoms with Gasteiger partial charge in [-0.2, -0.15) is 0 Å². The summed E-state index contributed by atoms with van der Waals surface area (Å²) in [5, 5.41) is 8.64. The second-order valence-corrected chi connectivity index (χ2v) is 15.1. The lowest BCUT2D eigenvalue weighted by Crippen LogP contribution is -2.29. The molecule has 0 amide bonds. The minimum atomic E-state index is -0.0917. The summed E-state index contributed by atoms with van der Waals surface area (Å²) in [4.78, 5) is 0. The Kier molecular flexibility index (Phi) is 11.0. The number of rotatable bonds is 11. The lowest BCUT2D eigenvalue weighted by Gasteiger charge is -2.29. The molecule has 2 nitrogen and oxygen atoms in total. The van der Waals surface area contributed by atoms with E-state index in [1.807, 2.05) is 18.2 Å². The van der Waals surface area contributed by atoms with Crippen LogP contribution in [0, 0.1) is 6.92 Å². The van der Waals surface area contributed by atoms with Crippen molar-refractivity contribution in [1.29, 1.82) is 0 Å². The summed E-state index contributed by atoms with van der Waals surface area (Å²) in [6, 6.07) is 24.3. The molecular formula is C55H51NO. The summed E-state index contributed by atoms with van der Waals surface area (Å²) < 4.78 is 6.86. The Hall–Kier alpha value is -6.38. The molecule has 1 aliphatic heterocycles. The van der Waals surface area contributed by atoms with E-state index in [0.717, 1.165) is 72.0 Å². The maximum Gasteiger partial charge on any atom is 0.139 e. The van der Waals surface area contributed by atoms with Crippen LogP contribution in [0.3, 0.4) is 0 Å². The standard InChI is InChI=1S/C55H51NO/c1-6-20-41-31-46(55-53(37(41)5)50-33-42-25-16-17-26-43(42)34-52(50)57-55)32-44-27-18-19-28-48(44)54(40-23-14-11-15-24-40)51-35-49(47(9-4)39(7-2)8-3)45(36-56-51)30-29-38-21-12-10-13-22-38/h6-9,12,14,16-23,25-31,33-36,51,56H,2-4,10-11,13,15,24,32H2,1,5H3/b20-6-,30-29-,54-40+. The van der Waals surface area contributed by atoms with Crippen molar-refractivity contribution in [2.75, 3.05) is 0 Å². The number of allylic oxidation sites excluding steroid dienone is 17. The van der Waals surface area contributed by atoms with Gasteiger partial charge in [0.2, 0.25) is 0 Å². The average Bonchev–Trinajstić information content (AvgIpc) is 3.63. The first kappa shape index (κ1) is 37.5. The maximum absolute atomic E-state index is 6.86. The lowest BCUT2D eigenvalue weighted by atomic mass is 9.81. The highest BCUT2D eigenvalue weighted by Crippen LogP contribution is 2.41. The van der Waals surface area contributed by atoms with E-state index in [4.69, 9.17) is 4.42 Å². The van der Waals surface area contributed by atoms with Gasteiger partial charge in [-0.3, -0.25) is 0 Å². The Morgan fingerprint density at radius 1 is 0.842 bits per heavy atom. The van der Waals surface area contributed by atoms with Crippen molar-refractivity contribution in [3.63, 3.8) is 0 Å². The van der Waals surface area contributed by atoms with Gasteiger partial charge in [-0.15, -0.1) is 0 Å². The van der Waals surface area contributed by atoms with Crippen molar-refractivity contribution in [2.45, 2.75) is 58.4 Å². The average molecular weight is 742 g/mol. The number of aryl methyl sites for hydroxylation is 1. The molecule has 1 aromatic heterocycles. The van der Waals surface area contributed by atoms with E-state index in [0.29, 0.717) is 0 Å². The first-order valence-corrected chi connectivity index (χ1v) is 20.3. The van der Waals surface area contributed by atoms with Crippen LogP contribution in [0.4, 0.5) is 0 Å². The summed E-state index contributed by atoms with van der Waals surface area (Å²) in [5.74, 6) is 0. The molecule has 5 aromatic rings. The molecule has 0 bridgehead atoms. The molecular weight excluding hydrogens is 691 g/mol. The number of dihydropyridines is 1. The third-order valence-electron chi connectivity index (χ3n) is 11.6. The Balaban J connectivity index is 1.28. The third kappa shape index (κ3) is 7.48. The largest absolute Gasteiger partial charge is 0.456 e. The SMILES string of the molecule is C=CC(C=C)=C(C=C)C1=CC(/C(=C2\C=CCCC2)c2ccccc2Cc2cc(/C=C\C)c(C)c3c2oc2cc4ccccc4cc23)NC=C1/C=C\C1=CCCC=C1. The number of furan rings is 1. The van der Waals surface area contributed by atoms with E-state index >= 15 is 0 Å². The van der Waals surface area contributed by atoms with Gasteiger partial charge in [0.1, 0.15) is 11.2 Å². The van der Waals surface area contributed by atoms with E-state index in [1.54, 1.807) is 0 Å². The van der Waals surface area contributed by atoms with Gasteiger partial charge in [0.05, 0.1) is 6.04 Å². The van der Waals surface area contributed by atoms with Gasteiger partial charge in [-0.1, -0.05) is 141 Å². The first-order valence-electron chi connectivity index (χ1n) is 20.3. The molecule has 2 heterocycles. The number of hydrogen-bond acceptors (Lipinski definition) is 2.